The molecule has 0 radical (unpaired) electrons. The van der Waals surface area contributed by atoms with E-state index in [4.69, 9.17) is 5.73 Å². The van der Waals surface area contributed by atoms with E-state index in [1.165, 1.54) is 43.9 Å². The van der Waals surface area contributed by atoms with E-state index in [1.54, 1.807) is 19.1 Å². The maximum atomic E-state index is 13.1. The Kier molecular flexibility index (Phi) is 34.5. The van der Waals surface area contributed by atoms with Gasteiger partial charge in [0.1, 0.15) is 78.9 Å². The van der Waals surface area contributed by atoms with Gasteiger partial charge in [-0.2, -0.15) is 60.3 Å². The summed E-state index contributed by atoms with van der Waals surface area (Å²) in [5.41, 5.74) is 17.9. The smallest absolute Gasteiger partial charge is 0.368 e. The van der Waals surface area contributed by atoms with Gasteiger partial charge in [0.05, 0.1) is 51.2 Å². The molecule has 3 aromatic carbocycles. The average molecular weight is 2170 g/mol. The first-order valence-corrected chi connectivity index (χ1v) is 57.7. The second-order valence-corrected chi connectivity index (χ2v) is 50.1. The van der Waals surface area contributed by atoms with Gasteiger partial charge in [-0.1, -0.05) is 25.1 Å². The molecule has 18 rings (SSSR count). The summed E-state index contributed by atoms with van der Waals surface area (Å²) in [4.78, 5) is 43.0. The molecular weight excluding hydrogens is 2030 g/mol. The molecule has 0 aliphatic carbocycles. The number of nitrogens with two attached hydrogens (primary N) is 1. The highest BCUT2D eigenvalue weighted by Crippen LogP contribution is 2.42. The third-order valence-electron chi connectivity index (χ3n) is 30.5. The van der Waals surface area contributed by atoms with Gasteiger partial charge >= 0.3 is 18.5 Å². The molecular formula is C102H130F9N25O6S6. The number of nitrogen functional groups attached to an aromatic ring is 1. The molecule has 0 saturated carbocycles. The second kappa shape index (κ2) is 46.2. The number of halogens is 9. The molecule has 148 heavy (non-hydrogen) atoms. The number of anilines is 4. The third kappa shape index (κ3) is 26.3. The molecule has 12 aromatic rings. The number of nitrogens with zero attached hydrogens (tertiary/aromatic N) is 18. The van der Waals surface area contributed by atoms with E-state index in [-0.39, 0.29) is 72.6 Å². The molecule has 798 valence electrons. The predicted molar refractivity (Wildman–Crippen MR) is 566 cm³/mol. The van der Waals surface area contributed by atoms with Crippen molar-refractivity contribution in [2.45, 2.75) is 268 Å². The summed E-state index contributed by atoms with van der Waals surface area (Å²) in [7, 11) is -5.43. The lowest BCUT2D eigenvalue weighted by molar-refractivity contribution is -0.127. The van der Waals surface area contributed by atoms with E-state index in [1.807, 2.05) is 25.1 Å². The van der Waals surface area contributed by atoms with Crippen molar-refractivity contribution in [1.82, 2.24) is 87.2 Å². The number of hydrogen-bond donors (Lipinski definition) is 7. The number of nitriles is 3. The fourth-order valence-corrected chi connectivity index (χ4v) is 28.6. The molecule has 46 heteroatoms. The summed E-state index contributed by atoms with van der Waals surface area (Å²) in [5.74, 6) is 2.88. The number of nitrogens with one attached hydrogen (secondary N) is 6. The molecule has 9 aromatic heterocycles. The first-order chi connectivity index (χ1) is 70.3. The zero-order valence-electron chi connectivity index (χ0n) is 85.1. The number of fused-ring (bicyclic) bond motifs is 6. The number of alkyl halides is 9. The predicted octanol–water partition coefficient (Wildman–Crippen LogP) is 16.7. The molecule has 6 fully saturated rings. The largest absolute Gasteiger partial charge is 0.393 e. The highest BCUT2D eigenvalue weighted by atomic mass is 32.2. The summed E-state index contributed by atoms with van der Waals surface area (Å²) >= 11 is 3.15. The van der Waals surface area contributed by atoms with Gasteiger partial charge < -0.3 is 35.4 Å². The Morgan fingerprint density at radius 3 is 0.959 bits per heavy atom. The van der Waals surface area contributed by atoms with E-state index in [0.717, 1.165) is 181 Å². The van der Waals surface area contributed by atoms with Crippen LogP contribution in [0.4, 0.5) is 62.9 Å². The van der Waals surface area contributed by atoms with E-state index >= 15 is 0 Å². The Labute approximate surface area is 869 Å². The van der Waals surface area contributed by atoms with Crippen molar-refractivity contribution in [2.24, 2.45) is 0 Å². The van der Waals surface area contributed by atoms with Crippen LogP contribution in [0.5, 0.6) is 0 Å². The monoisotopic (exact) mass is 2160 g/mol. The summed E-state index contributed by atoms with van der Waals surface area (Å²) < 4.78 is 205. The quantitative estimate of drug-likeness (QED) is 0.0198. The number of benzene rings is 3. The first kappa shape index (κ1) is 111. The molecule has 0 amide bonds. The van der Waals surface area contributed by atoms with E-state index in [0.29, 0.717) is 181 Å². The maximum absolute atomic E-state index is 13.1. The van der Waals surface area contributed by atoms with Gasteiger partial charge in [-0.3, -0.25) is 29.4 Å². The first-order valence-electron chi connectivity index (χ1n) is 50.6. The lowest BCUT2D eigenvalue weighted by atomic mass is 10.0. The molecule has 6 saturated heterocycles. The van der Waals surface area contributed by atoms with Crippen molar-refractivity contribution in [2.75, 3.05) is 121 Å². The highest BCUT2D eigenvalue weighted by molar-refractivity contribution is 7.90. The van der Waals surface area contributed by atoms with Crippen LogP contribution in [0.25, 0.3) is 63.4 Å². The SMILES string of the molecule is CCc1nc(NC2CCN(Cc3ccc4c(cc(C#N)n4C[C@H](C)N4CCC(S(=O)(=O)NC)CC4)c3C)CC2)c2cc(CC(F)(F)F)sc2n1.CNS(=O)(=O)C1CCN([C@@H](C)Cn2c(C#N)cc3c(C)c(CN4CCC(Nc5nc(C)nc6sc(CC(F)(F)F)cc56)CC4)ccc32)CC1.CNS(=O)(=O)C1CCN([C@@H](C)Cn2c(C#N)cc3c(C)c(CN4CCC(Nc5nc(N)nc6sc(CC(F)(F)F)cc56)CC4)ccc32)CC1. The minimum atomic E-state index is -4.30. The van der Waals surface area contributed by atoms with Crippen LogP contribution in [-0.4, -0.2) is 268 Å². The number of rotatable bonds is 31. The van der Waals surface area contributed by atoms with Crippen LogP contribution in [0.15, 0.2) is 72.8 Å². The Balaban J connectivity index is 0.000000158. The van der Waals surface area contributed by atoms with Gasteiger partial charge in [-0.05, 0) is 274 Å². The van der Waals surface area contributed by atoms with Gasteiger partial charge in [-0.15, -0.1) is 34.0 Å². The van der Waals surface area contributed by atoms with E-state index < -0.39 is 67.9 Å². The molecule has 3 atom stereocenters. The number of piperidine rings is 6. The molecule has 8 N–H and O–H groups in total. The van der Waals surface area contributed by atoms with Crippen LogP contribution in [-0.2, 0) is 95.0 Å². The number of sulfonamides is 3. The molecule has 0 bridgehead atoms. The molecule has 6 aliphatic rings. The summed E-state index contributed by atoms with van der Waals surface area (Å²) in [6.07, 6.45) is -6.51. The van der Waals surface area contributed by atoms with Crippen LogP contribution in [0.1, 0.15) is 181 Å². The zero-order chi connectivity index (χ0) is 106. The average Bonchev–Trinajstić information content (AvgIpc) is 1.62. The number of hydrogen-bond acceptors (Lipinski definition) is 28. The number of aromatic nitrogens is 9. The third-order valence-corrected chi connectivity index (χ3v) is 39.3. The highest BCUT2D eigenvalue weighted by Gasteiger charge is 2.39. The van der Waals surface area contributed by atoms with Crippen molar-refractivity contribution in [3.05, 3.63) is 150 Å². The van der Waals surface area contributed by atoms with Crippen LogP contribution in [0.2, 0.25) is 0 Å². The molecule has 6 aliphatic heterocycles. The van der Waals surface area contributed by atoms with Gasteiger partial charge in [0.2, 0.25) is 36.0 Å². The Bertz CT molecular complexity index is 7000. The molecule has 0 unspecified atom stereocenters. The minimum Gasteiger partial charge on any atom is -0.368 e. The number of aryl methyl sites for hydroxylation is 5. The van der Waals surface area contributed by atoms with Crippen molar-refractivity contribution in [3.8, 4) is 18.2 Å². The van der Waals surface area contributed by atoms with Crippen LogP contribution < -0.4 is 35.9 Å². The number of likely N-dealkylation sites (tertiary alicyclic amines) is 6. The normalized spacial score (nSPS) is 18.3. The standard InChI is InChI=1S/C35H45F3N8O2S2.C34H43F3N8O2S2.C33H42F3N9O2S2/c1-5-32-42-33(30-17-27(18-35(36,37)38)49-34(30)43-32)41-25-8-12-44(13-9-25)21-24-6-7-31-29(23(24)3)16-26(19-39)46(31)20-22(2)45-14-10-28(11-15-45)50(47,48)40-4;1-21(44-13-9-28(10-14-44)49(46,47)39-4)19-45-26(18-38)15-29-22(2)24(5-6-31(29)45)20-43-11-7-25(8-12-43)42-32-30-16-27(17-34(35,36)37)48-33(30)41-23(3)40-32;1-20(44-12-8-26(9-13-44)49(46,47)39-3)18-45-24(17-37)14-27-21(2)22(4-5-29(27)45)19-43-10-6-23(7-11-43)40-30-28-15-25(16-33(34,35)36)48-31(28)42-32(38)41-30/h6-7,16-17,22,25,28,40H,5,8-15,18,20-21H2,1-4H3,(H,41,42,43);5-6,15-16,21,25,28,39H,7-14,17,19-20H2,1-4H3,(H,40,41,42);4-5,14-15,20,23,26,39H,6-13,16,18-19H2,1-3H3,(H3,38,40,41,42)/t22-;21-;20-/m000/s1. The second-order valence-electron chi connectivity index (χ2n) is 40.3. The zero-order valence-corrected chi connectivity index (χ0v) is 90.0. The van der Waals surface area contributed by atoms with Gasteiger partial charge in [0.25, 0.3) is 0 Å². The van der Waals surface area contributed by atoms with Crippen molar-refractivity contribution in [3.63, 3.8) is 0 Å². The summed E-state index contributed by atoms with van der Waals surface area (Å²) in [5, 5.41) is 44.6. The Hall–Kier alpha value is -10.1. The van der Waals surface area contributed by atoms with Crippen LogP contribution in [0, 0.1) is 61.7 Å². The fourth-order valence-electron chi connectivity index (χ4n) is 21.9. The van der Waals surface area contributed by atoms with Crippen LogP contribution in [0.3, 0.4) is 0 Å². The molecule has 31 nitrogen and oxygen atoms in total. The van der Waals surface area contributed by atoms with Gasteiger partial charge in [-0.25, -0.2) is 64.3 Å². The van der Waals surface area contributed by atoms with E-state index in [9.17, 15) is 80.6 Å². The minimum absolute atomic E-state index is 0.0315. The van der Waals surface area contributed by atoms with Crippen molar-refractivity contribution < 1.29 is 64.8 Å². The van der Waals surface area contributed by atoms with Crippen molar-refractivity contribution in [1.29, 1.82) is 15.8 Å². The summed E-state index contributed by atoms with van der Waals surface area (Å²) in [6.45, 7) is 30.0. The molecule has 0 spiro atoms. The van der Waals surface area contributed by atoms with Gasteiger partial charge in [0, 0.05) is 169 Å². The van der Waals surface area contributed by atoms with Crippen molar-refractivity contribution >= 4 is 151 Å². The topological polar surface area (TPSA) is 384 Å². The molecule has 15 heterocycles. The van der Waals surface area contributed by atoms with Gasteiger partial charge in [0.15, 0.2) is 0 Å². The number of thiophene rings is 3. The fraction of sp³-hybridized carbons (Fsp3) is 0.559. The Morgan fingerprint density at radius 2 is 0.676 bits per heavy atom. The van der Waals surface area contributed by atoms with E-state index in [2.05, 4.69) is 199 Å². The lowest BCUT2D eigenvalue weighted by Gasteiger charge is -2.36. The summed E-state index contributed by atoms with van der Waals surface area (Å²) in [6, 6.07) is 31.4. The maximum Gasteiger partial charge on any atom is 0.393 e. The Morgan fingerprint density at radius 1 is 0.392 bits per heavy atom. The lowest BCUT2D eigenvalue weighted by Crippen LogP contribution is -2.46. The van der Waals surface area contributed by atoms with Crippen LogP contribution >= 0.6 is 34.0 Å².